The lowest BCUT2D eigenvalue weighted by Crippen LogP contribution is -2.39. The maximum atomic E-state index is 12.0. The molecule has 1 aliphatic rings. The zero-order valence-electron chi connectivity index (χ0n) is 12.7. The SMILES string of the molecule is COCC(C)S(=O)(=O)NC(=O)c1cc(C2CCOCC2)[nH]n1. The van der Waals surface area contributed by atoms with Crippen molar-refractivity contribution < 1.29 is 22.7 Å². The topological polar surface area (TPSA) is 110 Å². The molecule has 0 radical (unpaired) electrons. The first-order chi connectivity index (χ1) is 10.4. The van der Waals surface area contributed by atoms with Gasteiger partial charge >= 0.3 is 0 Å². The average Bonchev–Trinajstić information content (AvgIpc) is 2.98. The van der Waals surface area contributed by atoms with Gasteiger partial charge in [0.1, 0.15) is 5.25 Å². The van der Waals surface area contributed by atoms with Gasteiger partial charge in [-0.2, -0.15) is 5.10 Å². The average molecular weight is 331 g/mol. The van der Waals surface area contributed by atoms with Crippen LogP contribution in [0.15, 0.2) is 6.07 Å². The number of hydrogen-bond acceptors (Lipinski definition) is 6. The maximum Gasteiger partial charge on any atom is 0.285 e. The summed E-state index contributed by atoms with van der Waals surface area (Å²) in [7, 11) is -2.38. The molecule has 2 rings (SSSR count). The van der Waals surface area contributed by atoms with Gasteiger partial charge in [-0.1, -0.05) is 0 Å². The van der Waals surface area contributed by atoms with Crippen LogP contribution in [0, 0.1) is 0 Å². The van der Waals surface area contributed by atoms with Crippen molar-refractivity contribution in [2.45, 2.75) is 30.9 Å². The highest BCUT2D eigenvalue weighted by molar-refractivity contribution is 7.90. The van der Waals surface area contributed by atoms with Gasteiger partial charge in [0, 0.05) is 31.9 Å². The van der Waals surface area contributed by atoms with Crippen molar-refractivity contribution in [3.63, 3.8) is 0 Å². The number of ether oxygens (including phenoxy) is 2. The van der Waals surface area contributed by atoms with Crippen LogP contribution in [0.3, 0.4) is 0 Å². The Morgan fingerprint density at radius 3 is 2.86 bits per heavy atom. The number of amides is 1. The Hall–Kier alpha value is -1.45. The number of sulfonamides is 1. The van der Waals surface area contributed by atoms with Gasteiger partial charge in [-0.25, -0.2) is 13.1 Å². The summed E-state index contributed by atoms with van der Waals surface area (Å²) in [6.45, 7) is 2.83. The van der Waals surface area contributed by atoms with Gasteiger partial charge in [-0.3, -0.25) is 9.89 Å². The van der Waals surface area contributed by atoms with Crippen LogP contribution in [0.5, 0.6) is 0 Å². The van der Waals surface area contributed by atoms with E-state index < -0.39 is 21.2 Å². The smallest absolute Gasteiger partial charge is 0.285 e. The summed E-state index contributed by atoms with van der Waals surface area (Å²) in [5.41, 5.74) is 0.894. The Kier molecular flexibility index (Phi) is 5.54. The molecule has 124 valence electrons. The van der Waals surface area contributed by atoms with Crippen molar-refractivity contribution in [3.05, 3.63) is 17.5 Å². The molecule has 1 atom stereocenters. The van der Waals surface area contributed by atoms with Crippen LogP contribution in [0.4, 0.5) is 0 Å². The molecule has 0 saturated carbocycles. The molecule has 2 heterocycles. The fraction of sp³-hybridized carbons (Fsp3) is 0.692. The van der Waals surface area contributed by atoms with Crippen LogP contribution >= 0.6 is 0 Å². The predicted octanol–water partition coefficient (Wildman–Crippen LogP) is 0.398. The molecule has 8 nitrogen and oxygen atoms in total. The van der Waals surface area contributed by atoms with Crippen molar-refractivity contribution >= 4 is 15.9 Å². The summed E-state index contributed by atoms with van der Waals surface area (Å²) in [5, 5.41) is 5.89. The van der Waals surface area contributed by atoms with E-state index in [1.807, 2.05) is 4.72 Å². The molecular formula is C13H21N3O5S. The fourth-order valence-electron chi connectivity index (χ4n) is 2.28. The number of H-pyrrole nitrogens is 1. The number of nitrogens with one attached hydrogen (secondary N) is 2. The van der Waals surface area contributed by atoms with E-state index in [1.54, 1.807) is 6.07 Å². The molecular weight excluding hydrogens is 310 g/mol. The van der Waals surface area contributed by atoms with Crippen LogP contribution in [-0.2, 0) is 19.5 Å². The standard InChI is InChI=1S/C13H21N3O5S/c1-9(8-20-2)22(18,19)16-13(17)12-7-11(14-15-12)10-3-5-21-6-4-10/h7,9-10H,3-6,8H2,1-2H3,(H,14,15)(H,16,17). The minimum absolute atomic E-state index is 0.0104. The molecule has 2 N–H and O–H groups in total. The summed E-state index contributed by atoms with van der Waals surface area (Å²) >= 11 is 0. The lowest BCUT2D eigenvalue weighted by atomic mass is 9.96. The van der Waals surface area contributed by atoms with E-state index in [0.29, 0.717) is 13.2 Å². The first-order valence-electron chi connectivity index (χ1n) is 7.12. The van der Waals surface area contributed by atoms with Gasteiger partial charge in [0.15, 0.2) is 5.69 Å². The summed E-state index contributed by atoms with van der Waals surface area (Å²) in [5.74, 6) is -0.482. The van der Waals surface area contributed by atoms with Crippen LogP contribution in [0.1, 0.15) is 41.9 Å². The second-order valence-electron chi connectivity index (χ2n) is 5.34. The van der Waals surface area contributed by atoms with Gasteiger partial charge in [0.05, 0.1) is 6.61 Å². The van der Waals surface area contributed by atoms with E-state index in [2.05, 4.69) is 10.2 Å². The molecule has 1 aliphatic heterocycles. The van der Waals surface area contributed by atoms with Crippen molar-refractivity contribution in [3.8, 4) is 0 Å². The second-order valence-corrected chi connectivity index (χ2v) is 7.44. The van der Waals surface area contributed by atoms with E-state index in [0.717, 1.165) is 18.5 Å². The Balaban J connectivity index is 2.02. The molecule has 1 amide bonds. The van der Waals surface area contributed by atoms with E-state index in [1.165, 1.54) is 14.0 Å². The highest BCUT2D eigenvalue weighted by atomic mass is 32.2. The Bertz CT molecular complexity index is 607. The number of carbonyl (C=O) groups is 1. The predicted molar refractivity (Wildman–Crippen MR) is 79.1 cm³/mol. The molecule has 0 bridgehead atoms. The van der Waals surface area contributed by atoms with Gasteiger partial charge in [0.25, 0.3) is 5.91 Å². The first-order valence-corrected chi connectivity index (χ1v) is 8.66. The number of aromatic amines is 1. The number of nitrogens with zero attached hydrogens (tertiary/aromatic N) is 1. The summed E-state index contributed by atoms with van der Waals surface area (Å²) in [6, 6.07) is 1.60. The number of methoxy groups -OCH3 is 1. The highest BCUT2D eigenvalue weighted by Gasteiger charge is 2.26. The summed E-state index contributed by atoms with van der Waals surface area (Å²) < 4.78 is 36.0. The lowest BCUT2D eigenvalue weighted by molar-refractivity contribution is 0.0845. The molecule has 22 heavy (non-hydrogen) atoms. The van der Waals surface area contributed by atoms with Crippen molar-refractivity contribution in [2.24, 2.45) is 0 Å². The lowest BCUT2D eigenvalue weighted by Gasteiger charge is -2.20. The summed E-state index contributed by atoms with van der Waals surface area (Å²) in [4.78, 5) is 12.0. The molecule has 0 aromatic carbocycles. The summed E-state index contributed by atoms with van der Waals surface area (Å²) in [6.07, 6.45) is 1.71. The number of rotatable bonds is 6. The van der Waals surface area contributed by atoms with E-state index >= 15 is 0 Å². The second kappa shape index (κ2) is 7.21. The molecule has 1 aromatic rings. The zero-order valence-corrected chi connectivity index (χ0v) is 13.5. The van der Waals surface area contributed by atoms with Gasteiger partial charge in [0.2, 0.25) is 10.0 Å². The minimum atomic E-state index is -3.78. The van der Waals surface area contributed by atoms with Crippen LogP contribution < -0.4 is 4.72 Å². The molecule has 1 fully saturated rings. The normalized spacial score (nSPS) is 18.1. The third kappa shape index (κ3) is 4.05. The monoisotopic (exact) mass is 331 g/mol. The Labute approximate surface area is 129 Å². The molecule has 0 spiro atoms. The van der Waals surface area contributed by atoms with E-state index in [4.69, 9.17) is 9.47 Å². The quantitative estimate of drug-likeness (QED) is 0.780. The van der Waals surface area contributed by atoms with Crippen LogP contribution in [0.25, 0.3) is 0 Å². The Morgan fingerprint density at radius 1 is 1.55 bits per heavy atom. The number of carbonyl (C=O) groups excluding carboxylic acids is 1. The maximum absolute atomic E-state index is 12.0. The van der Waals surface area contributed by atoms with Crippen molar-refractivity contribution in [1.82, 2.24) is 14.9 Å². The van der Waals surface area contributed by atoms with Crippen LogP contribution in [-0.4, -0.2) is 56.7 Å². The van der Waals surface area contributed by atoms with Crippen molar-refractivity contribution in [2.75, 3.05) is 26.9 Å². The fourth-order valence-corrected chi connectivity index (χ4v) is 3.16. The van der Waals surface area contributed by atoms with E-state index in [9.17, 15) is 13.2 Å². The molecule has 0 aliphatic carbocycles. The van der Waals surface area contributed by atoms with E-state index in [-0.39, 0.29) is 18.2 Å². The van der Waals surface area contributed by atoms with Crippen LogP contribution in [0.2, 0.25) is 0 Å². The third-order valence-corrected chi connectivity index (χ3v) is 5.32. The number of hydrogen-bond donors (Lipinski definition) is 2. The van der Waals surface area contributed by atoms with Crippen molar-refractivity contribution in [1.29, 1.82) is 0 Å². The van der Waals surface area contributed by atoms with Gasteiger partial charge in [-0.05, 0) is 25.8 Å². The van der Waals surface area contributed by atoms with Gasteiger partial charge < -0.3 is 9.47 Å². The van der Waals surface area contributed by atoms with Gasteiger partial charge in [-0.15, -0.1) is 0 Å². The first kappa shape index (κ1) is 16.9. The highest BCUT2D eigenvalue weighted by Crippen LogP contribution is 2.25. The largest absolute Gasteiger partial charge is 0.383 e. The third-order valence-electron chi connectivity index (χ3n) is 3.66. The zero-order chi connectivity index (χ0) is 16.2. The molecule has 1 saturated heterocycles. The minimum Gasteiger partial charge on any atom is -0.383 e. The molecule has 1 aromatic heterocycles. The number of aromatic nitrogens is 2. The molecule has 9 heteroatoms. The molecule has 1 unspecified atom stereocenters. The Morgan fingerprint density at radius 2 is 2.23 bits per heavy atom.